The lowest BCUT2D eigenvalue weighted by molar-refractivity contribution is -0.330. The van der Waals surface area contributed by atoms with Crippen LogP contribution >= 0.6 is 0 Å². The molecule has 104 valence electrons. The number of rotatable bonds is 11. The molecule has 0 N–H and O–H groups in total. The van der Waals surface area contributed by atoms with Gasteiger partial charge in [0.05, 0.1) is 7.11 Å². The summed E-state index contributed by atoms with van der Waals surface area (Å²) in [5.41, 5.74) is -1.02. The summed E-state index contributed by atoms with van der Waals surface area (Å²) in [4.78, 5) is 30.9. The van der Waals surface area contributed by atoms with Crippen LogP contribution in [0.5, 0.6) is 0 Å². The Morgan fingerprint density at radius 1 is 1.06 bits per heavy atom. The molecule has 0 unspecified atom stereocenters. The Labute approximate surface area is 107 Å². The minimum atomic E-state index is -1.02. The first-order valence-electron chi connectivity index (χ1n) is 5.39. The van der Waals surface area contributed by atoms with E-state index in [-0.39, 0.29) is 26.4 Å². The SMILES string of the molecule is C=CCOOCC(C)(COOCC=C)C(=O)OC. The van der Waals surface area contributed by atoms with Gasteiger partial charge in [-0.15, -0.1) is 13.2 Å². The van der Waals surface area contributed by atoms with Crippen LogP contribution in [-0.2, 0) is 29.1 Å². The highest BCUT2D eigenvalue weighted by Crippen LogP contribution is 2.20. The fourth-order valence-corrected chi connectivity index (χ4v) is 0.942. The van der Waals surface area contributed by atoms with E-state index in [4.69, 9.17) is 19.6 Å². The third-order valence-corrected chi connectivity index (χ3v) is 1.97. The van der Waals surface area contributed by atoms with Gasteiger partial charge in [0.25, 0.3) is 0 Å². The van der Waals surface area contributed by atoms with Gasteiger partial charge in [-0.05, 0) is 6.92 Å². The first-order chi connectivity index (χ1) is 8.60. The average Bonchev–Trinajstić information content (AvgIpc) is 2.39. The second-order valence-corrected chi connectivity index (χ2v) is 3.72. The molecular weight excluding hydrogens is 240 g/mol. The van der Waals surface area contributed by atoms with Gasteiger partial charge >= 0.3 is 5.97 Å². The third kappa shape index (κ3) is 6.51. The van der Waals surface area contributed by atoms with Crippen LogP contribution in [0.15, 0.2) is 25.3 Å². The first-order valence-corrected chi connectivity index (χ1v) is 5.39. The van der Waals surface area contributed by atoms with E-state index >= 15 is 0 Å². The van der Waals surface area contributed by atoms with Crippen molar-refractivity contribution in [1.82, 2.24) is 0 Å². The van der Waals surface area contributed by atoms with Crippen molar-refractivity contribution in [1.29, 1.82) is 0 Å². The van der Waals surface area contributed by atoms with Crippen molar-refractivity contribution >= 4 is 5.97 Å². The topological polar surface area (TPSA) is 63.2 Å². The van der Waals surface area contributed by atoms with Crippen LogP contribution in [0, 0.1) is 5.41 Å². The average molecular weight is 260 g/mol. The smallest absolute Gasteiger partial charge is 0.316 e. The second-order valence-electron chi connectivity index (χ2n) is 3.72. The Hall–Kier alpha value is -1.21. The molecule has 0 saturated carbocycles. The van der Waals surface area contributed by atoms with Crippen LogP contribution in [-0.4, -0.2) is 39.5 Å². The quantitative estimate of drug-likeness (QED) is 0.184. The zero-order valence-electron chi connectivity index (χ0n) is 10.8. The van der Waals surface area contributed by atoms with Gasteiger partial charge in [0.15, 0.2) is 0 Å². The highest BCUT2D eigenvalue weighted by molar-refractivity contribution is 5.76. The summed E-state index contributed by atoms with van der Waals surface area (Å²) in [6.45, 7) is 8.96. The highest BCUT2D eigenvalue weighted by Gasteiger charge is 2.36. The molecule has 0 atom stereocenters. The largest absolute Gasteiger partial charge is 0.468 e. The Kier molecular flexibility index (Phi) is 9.13. The Morgan fingerprint density at radius 2 is 1.50 bits per heavy atom. The van der Waals surface area contributed by atoms with E-state index in [1.54, 1.807) is 6.92 Å². The molecule has 0 spiro atoms. The van der Waals surface area contributed by atoms with Gasteiger partial charge in [0, 0.05) is 0 Å². The predicted octanol–water partition coefficient (Wildman–Crippen LogP) is 1.43. The molecule has 0 fully saturated rings. The van der Waals surface area contributed by atoms with E-state index in [0.717, 1.165) is 0 Å². The maximum absolute atomic E-state index is 11.6. The number of ether oxygens (including phenoxy) is 1. The van der Waals surface area contributed by atoms with Crippen LogP contribution in [0.2, 0.25) is 0 Å². The van der Waals surface area contributed by atoms with Crippen molar-refractivity contribution in [3.8, 4) is 0 Å². The monoisotopic (exact) mass is 260 g/mol. The zero-order chi connectivity index (χ0) is 13.9. The summed E-state index contributed by atoms with van der Waals surface area (Å²) < 4.78 is 4.68. The lowest BCUT2D eigenvalue weighted by Crippen LogP contribution is -2.38. The first kappa shape index (κ1) is 16.8. The minimum Gasteiger partial charge on any atom is -0.468 e. The van der Waals surface area contributed by atoms with Gasteiger partial charge in [-0.3, -0.25) is 4.79 Å². The number of carbonyl (C=O) groups excluding carboxylic acids is 1. The van der Waals surface area contributed by atoms with Crippen molar-refractivity contribution in [2.45, 2.75) is 6.92 Å². The highest BCUT2D eigenvalue weighted by atomic mass is 17.2. The van der Waals surface area contributed by atoms with E-state index in [1.165, 1.54) is 19.3 Å². The fourth-order valence-electron chi connectivity index (χ4n) is 0.942. The van der Waals surface area contributed by atoms with Crippen molar-refractivity contribution in [3.63, 3.8) is 0 Å². The molecule has 0 heterocycles. The summed E-state index contributed by atoms with van der Waals surface area (Å²) in [5.74, 6) is -0.480. The Balaban J connectivity index is 4.19. The standard InChI is InChI=1S/C12H20O6/c1-5-7-15-17-9-12(3,11(13)14-4)10-18-16-8-6-2/h5-6H,1-2,7-10H2,3-4H3. The van der Waals surface area contributed by atoms with Gasteiger partial charge in [-0.25, -0.2) is 19.6 Å². The lowest BCUT2D eigenvalue weighted by atomic mass is 9.93. The molecule has 0 bridgehead atoms. The van der Waals surface area contributed by atoms with Crippen LogP contribution in [0.25, 0.3) is 0 Å². The molecule has 0 aromatic rings. The normalized spacial score (nSPS) is 11.0. The maximum Gasteiger partial charge on any atom is 0.316 e. The van der Waals surface area contributed by atoms with Crippen LogP contribution in [0.3, 0.4) is 0 Å². The van der Waals surface area contributed by atoms with Gasteiger partial charge in [0.1, 0.15) is 31.8 Å². The van der Waals surface area contributed by atoms with Crippen LogP contribution in [0.1, 0.15) is 6.92 Å². The molecule has 6 nitrogen and oxygen atoms in total. The summed E-state index contributed by atoms with van der Waals surface area (Å²) in [5, 5.41) is 0. The fraction of sp³-hybridized carbons (Fsp3) is 0.583. The van der Waals surface area contributed by atoms with Crippen molar-refractivity contribution in [2.75, 3.05) is 33.5 Å². The Bertz CT molecular complexity index is 247. The van der Waals surface area contributed by atoms with E-state index < -0.39 is 11.4 Å². The molecule has 0 aromatic carbocycles. The van der Waals surface area contributed by atoms with Gasteiger partial charge < -0.3 is 4.74 Å². The molecule has 0 aliphatic rings. The number of esters is 1. The van der Waals surface area contributed by atoms with Crippen LogP contribution < -0.4 is 0 Å². The zero-order valence-corrected chi connectivity index (χ0v) is 10.8. The summed E-state index contributed by atoms with van der Waals surface area (Å²) in [7, 11) is 1.29. The molecular formula is C12H20O6. The predicted molar refractivity (Wildman–Crippen MR) is 64.3 cm³/mol. The van der Waals surface area contributed by atoms with E-state index in [1.807, 2.05) is 0 Å². The minimum absolute atomic E-state index is 0.0229. The van der Waals surface area contributed by atoms with Gasteiger partial charge in [-0.2, -0.15) is 0 Å². The van der Waals surface area contributed by atoms with E-state index in [9.17, 15) is 4.79 Å². The second kappa shape index (κ2) is 9.78. The van der Waals surface area contributed by atoms with Gasteiger partial charge in [-0.1, -0.05) is 12.2 Å². The van der Waals surface area contributed by atoms with Crippen molar-refractivity contribution in [2.24, 2.45) is 5.41 Å². The lowest BCUT2D eigenvalue weighted by Gasteiger charge is -2.24. The molecule has 0 aromatic heterocycles. The molecule has 18 heavy (non-hydrogen) atoms. The van der Waals surface area contributed by atoms with Crippen molar-refractivity contribution in [3.05, 3.63) is 25.3 Å². The molecule has 6 heteroatoms. The summed E-state index contributed by atoms with van der Waals surface area (Å²) in [6.07, 6.45) is 3.05. The molecule has 0 rings (SSSR count). The maximum atomic E-state index is 11.6. The molecule has 0 aliphatic carbocycles. The third-order valence-electron chi connectivity index (χ3n) is 1.97. The molecule has 0 radical (unpaired) electrons. The molecule has 0 aliphatic heterocycles. The number of methoxy groups -OCH3 is 1. The van der Waals surface area contributed by atoms with E-state index in [2.05, 4.69) is 17.9 Å². The Morgan fingerprint density at radius 3 is 1.83 bits per heavy atom. The molecule has 0 amide bonds. The van der Waals surface area contributed by atoms with E-state index in [0.29, 0.717) is 0 Å². The molecule has 0 saturated heterocycles. The van der Waals surface area contributed by atoms with Gasteiger partial charge in [0.2, 0.25) is 0 Å². The number of hydrogen-bond donors (Lipinski definition) is 0. The summed E-state index contributed by atoms with van der Waals surface area (Å²) >= 11 is 0. The van der Waals surface area contributed by atoms with Crippen LogP contribution in [0.4, 0.5) is 0 Å². The number of carbonyl (C=O) groups is 1. The van der Waals surface area contributed by atoms with Crippen molar-refractivity contribution < 1.29 is 29.1 Å². The number of hydrogen-bond acceptors (Lipinski definition) is 6. The summed E-state index contributed by atoms with van der Waals surface area (Å²) in [6, 6.07) is 0.